The summed E-state index contributed by atoms with van der Waals surface area (Å²) < 4.78 is 1.64. The second-order valence-electron chi connectivity index (χ2n) is 4.20. The van der Waals surface area contributed by atoms with Gasteiger partial charge in [0.1, 0.15) is 0 Å². The number of hydrogen-bond donors (Lipinski definition) is 1. The molecule has 0 radical (unpaired) electrons. The molecule has 2 N–H and O–H groups in total. The number of nitrogens with zero attached hydrogens (tertiary/aromatic N) is 6. The van der Waals surface area contributed by atoms with Gasteiger partial charge >= 0.3 is 0 Å². The number of para-hydroxylation sites is 2. The molecular weight excluding hydrogens is 242 g/mol. The lowest BCUT2D eigenvalue weighted by Gasteiger charge is -2.07. The lowest BCUT2D eigenvalue weighted by molar-refractivity contribution is 0.606. The molecule has 0 fully saturated rings. The third-order valence-electron chi connectivity index (χ3n) is 2.93. The fourth-order valence-corrected chi connectivity index (χ4v) is 1.91. The molecule has 3 aromatic rings. The van der Waals surface area contributed by atoms with Gasteiger partial charge in [-0.25, -0.2) is 14.6 Å². The molecule has 0 unspecified atom stereocenters. The number of fused-ring (bicyclic) bond motifs is 1. The van der Waals surface area contributed by atoms with E-state index < -0.39 is 0 Å². The maximum Gasteiger partial charge on any atom is 0.165 e. The van der Waals surface area contributed by atoms with Gasteiger partial charge in [-0.15, -0.1) is 5.10 Å². The zero-order valence-corrected chi connectivity index (χ0v) is 10.5. The Balaban J connectivity index is 2.03. The second-order valence-corrected chi connectivity index (χ2v) is 4.20. The van der Waals surface area contributed by atoms with Crippen LogP contribution in [0.2, 0.25) is 0 Å². The van der Waals surface area contributed by atoms with Gasteiger partial charge in [0.15, 0.2) is 5.82 Å². The summed E-state index contributed by atoms with van der Waals surface area (Å²) in [6, 6.07) is 7.78. The molecule has 0 aliphatic heterocycles. The lowest BCUT2D eigenvalue weighted by atomic mass is 10.2. The number of hydrogen-bond acceptors (Lipinski definition) is 6. The van der Waals surface area contributed by atoms with Crippen LogP contribution < -0.4 is 5.73 Å². The van der Waals surface area contributed by atoms with Crippen LogP contribution in [-0.2, 0) is 13.1 Å². The van der Waals surface area contributed by atoms with Gasteiger partial charge in [-0.05, 0) is 29.5 Å². The van der Waals surface area contributed by atoms with E-state index in [9.17, 15) is 0 Å². The summed E-state index contributed by atoms with van der Waals surface area (Å²) >= 11 is 0. The molecule has 0 bridgehead atoms. The quantitative estimate of drug-likeness (QED) is 0.729. The van der Waals surface area contributed by atoms with E-state index in [2.05, 4.69) is 25.5 Å². The molecule has 0 aliphatic carbocycles. The molecule has 0 spiro atoms. The van der Waals surface area contributed by atoms with Crippen molar-refractivity contribution in [3.05, 3.63) is 41.5 Å². The molecular formula is C12H13N7. The van der Waals surface area contributed by atoms with Gasteiger partial charge in [0.05, 0.1) is 35.5 Å². The normalized spacial score (nSPS) is 11.1. The van der Waals surface area contributed by atoms with Crippen LogP contribution >= 0.6 is 0 Å². The summed E-state index contributed by atoms with van der Waals surface area (Å²) in [6.45, 7) is 2.71. The van der Waals surface area contributed by atoms with Crippen molar-refractivity contribution in [3.8, 4) is 0 Å². The van der Waals surface area contributed by atoms with Crippen LogP contribution in [0.5, 0.6) is 0 Å². The molecule has 19 heavy (non-hydrogen) atoms. The molecule has 0 saturated carbocycles. The van der Waals surface area contributed by atoms with E-state index >= 15 is 0 Å². The number of nitrogens with two attached hydrogens (primary N) is 1. The van der Waals surface area contributed by atoms with Crippen LogP contribution in [0.25, 0.3) is 11.0 Å². The van der Waals surface area contributed by atoms with E-state index in [4.69, 9.17) is 5.73 Å². The molecule has 7 heteroatoms. The molecule has 0 aliphatic rings. The van der Waals surface area contributed by atoms with Gasteiger partial charge in [-0.3, -0.25) is 0 Å². The fraction of sp³-hybridized carbons (Fsp3) is 0.250. The van der Waals surface area contributed by atoms with Crippen molar-refractivity contribution in [3.63, 3.8) is 0 Å². The summed E-state index contributed by atoms with van der Waals surface area (Å²) in [6.07, 6.45) is 0. The average Bonchev–Trinajstić information content (AvgIpc) is 2.87. The second kappa shape index (κ2) is 4.69. The largest absolute Gasteiger partial charge is 0.324 e. The van der Waals surface area contributed by atoms with Crippen molar-refractivity contribution in [2.75, 3.05) is 0 Å². The van der Waals surface area contributed by atoms with Gasteiger partial charge < -0.3 is 5.73 Å². The van der Waals surface area contributed by atoms with Crippen molar-refractivity contribution in [1.82, 2.24) is 30.2 Å². The number of aryl methyl sites for hydroxylation is 1. The van der Waals surface area contributed by atoms with Gasteiger partial charge in [0.25, 0.3) is 0 Å². The molecule has 0 atom stereocenters. The Morgan fingerprint density at radius 3 is 2.63 bits per heavy atom. The third kappa shape index (κ3) is 2.15. The highest BCUT2D eigenvalue weighted by Crippen LogP contribution is 2.13. The molecule has 1 aromatic carbocycles. The van der Waals surface area contributed by atoms with Gasteiger partial charge in [-0.1, -0.05) is 12.1 Å². The summed E-state index contributed by atoms with van der Waals surface area (Å²) in [5.41, 5.74) is 9.05. The Hall–Kier alpha value is -2.41. The van der Waals surface area contributed by atoms with Crippen LogP contribution in [0.4, 0.5) is 0 Å². The van der Waals surface area contributed by atoms with Gasteiger partial charge in [-0.2, -0.15) is 0 Å². The van der Waals surface area contributed by atoms with Crippen LogP contribution in [0.1, 0.15) is 17.2 Å². The van der Waals surface area contributed by atoms with Crippen molar-refractivity contribution < 1.29 is 0 Å². The molecule has 0 saturated heterocycles. The van der Waals surface area contributed by atoms with E-state index in [0.29, 0.717) is 18.9 Å². The highest BCUT2D eigenvalue weighted by Gasteiger charge is 2.09. The Morgan fingerprint density at radius 1 is 1.16 bits per heavy atom. The zero-order chi connectivity index (χ0) is 13.2. The van der Waals surface area contributed by atoms with Crippen LogP contribution in [0.3, 0.4) is 0 Å². The number of benzene rings is 1. The minimum Gasteiger partial charge on any atom is -0.324 e. The first-order valence-electron chi connectivity index (χ1n) is 5.95. The molecule has 3 rings (SSSR count). The molecule has 2 heterocycles. The topological polar surface area (TPSA) is 95.4 Å². The van der Waals surface area contributed by atoms with Crippen molar-refractivity contribution in [2.45, 2.75) is 20.0 Å². The van der Waals surface area contributed by atoms with Gasteiger partial charge in [0, 0.05) is 0 Å². The van der Waals surface area contributed by atoms with E-state index in [1.165, 1.54) is 0 Å². The highest BCUT2D eigenvalue weighted by atomic mass is 15.5. The standard InChI is InChI=1S/C12H13N7/c1-8-11(7-19-12(6-13)16-17-18-19)15-10-5-3-2-4-9(10)14-8/h2-5H,6-7,13H2,1H3. The van der Waals surface area contributed by atoms with Crippen molar-refractivity contribution in [1.29, 1.82) is 0 Å². The lowest BCUT2D eigenvalue weighted by Crippen LogP contribution is -2.13. The van der Waals surface area contributed by atoms with E-state index in [1.54, 1.807) is 4.68 Å². The SMILES string of the molecule is Cc1nc2ccccc2nc1Cn1nnnc1CN. The van der Waals surface area contributed by atoms with E-state index in [0.717, 1.165) is 22.4 Å². The number of aromatic nitrogens is 6. The maximum atomic E-state index is 5.58. The maximum absolute atomic E-state index is 5.58. The molecule has 2 aromatic heterocycles. The molecule has 96 valence electrons. The first-order chi connectivity index (χ1) is 9.28. The zero-order valence-electron chi connectivity index (χ0n) is 10.5. The number of tetrazole rings is 1. The first kappa shape index (κ1) is 11.7. The summed E-state index contributed by atoms with van der Waals surface area (Å²) in [7, 11) is 0. The van der Waals surface area contributed by atoms with Crippen LogP contribution in [0.15, 0.2) is 24.3 Å². The van der Waals surface area contributed by atoms with Crippen molar-refractivity contribution >= 4 is 11.0 Å². The molecule has 0 amide bonds. The van der Waals surface area contributed by atoms with E-state index in [-0.39, 0.29) is 0 Å². The smallest absolute Gasteiger partial charge is 0.165 e. The Labute approximate surface area is 109 Å². The minimum absolute atomic E-state index is 0.299. The fourth-order valence-electron chi connectivity index (χ4n) is 1.91. The average molecular weight is 255 g/mol. The Bertz CT molecular complexity index is 719. The predicted molar refractivity (Wildman–Crippen MR) is 69.1 cm³/mol. The summed E-state index contributed by atoms with van der Waals surface area (Å²) in [4.78, 5) is 9.14. The summed E-state index contributed by atoms with van der Waals surface area (Å²) in [5, 5.41) is 11.4. The minimum atomic E-state index is 0.299. The monoisotopic (exact) mass is 255 g/mol. The Morgan fingerprint density at radius 2 is 1.89 bits per heavy atom. The van der Waals surface area contributed by atoms with Crippen LogP contribution in [0, 0.1) is 6.92 Å². The number of rotatable bonds is 3. The van der Waals surface area contributed by atoms with Gasteiger partial charge in [0.2, 0.25) is 0 Å². The highest BCUT2D eigenvalue weighted by molar-refractivity contribution is 5.74. The molecule has 7 nitrogen and oxygen atoms in total. The Kier molecular flexibility index (Phi) is 2.88. The van der Waals surface area contributed by atoms with E-state index in [1.807, 2.05) is 31.2 Å². The van der Waals surface area contributed by atoms with Crippen molar-refractivity contribution in [2.24, 2.45) is 5.73 Å². The predicted octanol–water partition coefficient (Wildman–Crippen LogP) is 0.432. The summed E-state index contributed by atoms with van der Waals surface area (Å²) in [5.74, 6) is 0.634. The first-order valence-corrected chi connectivity index (χ1v) is 5.95. The van der Waals surface area contributed by atoms with Crippen LogP contribution in [-0.4, -0.2) is 30.2 Å². The third-order valence-corrected chi connectivity index (χ3v) is 2.93.